The van der Waals surface area contributed by atoms with Crippen molar-refractivity contribution in [2.45, 2.75) is 6.54 Å². The van der Waals surface area contributed by atoms with Crippen molar-refractivity contribution in [3.8, 4) is 0 Å². The molecular formula is C10H11N7. The van der Waals surface area contributed by atoms with Gasteiger partial charge in [0.05, 0.1) is 18.6 Å². The molecule has 3 rings (SSSR count). The predicted octanol–water partition coefficient (Wildman–Crippen LogP) is 0.699. The molecule has 86 valence electrons. The summed E-state index contributed by atoms with van der Waals surface area (Å²) >= 11 is 0. The molecule has 0 saturated heterocycles. The number of nitrogens with one attached hydrogen (secondary N) is 2. The SMILES string of the molecule is Cn1ccc(CNc2ncnc3nc[nH]c23)n1. The van der Waals surface area contributed by atoms with Crippen LogP contribution >= 0.6 is 0 Å². The van der Waals surface area contributed by atoms with Gasteiger partial charge in [0, 0.05) is 13.2 Å². The molecule has 0 bridgehead atoms. The molecule has 17 heavy (non-hydrogen) atoms. The molecule has 0 unspecified atom stereocenters. The fourth-order valence-electron chi connectivity index (χ4n) is 1.63. The van der Waals surface area contributed by atoms with Crippen LogP contribution in [0.2, 0.25) is 0 Å². The number of aromatic nitrogens is 6. The number of imidazole rings is 1. The molecule has 7 heteroatoms. The van der Waals surface area contributed by atoms with Gasteiger partial charge in [-0.15, -0.1) is 0 Å². The van der Waals surface area contributed by atoms with Crippen LogP contribution in [0, 0.1) is 0 Å². The number of nitrogens with zero attached hydrogens (tertiary/aromatic N) is 5. The van der Waals surface area contributed by atoms with Crippen molar-refractivity contribution in [2.24, 2.45) is 7.05 Å². The third-order valence-electron chi connectivity index (χ3n) is 2.43. The fourth-order valence-corrected chi connectivity index (χ4v) is 1.63. The van der Waals surface area contributed by atoms with Crippen molar-refractivity contribution < 1.29 is 0 Å². The lowest BCUT2D eigenvalue weighted by atomic mass is 10.4. The quantitative estimate of drug-likeness (QED) is 0.690. The minimum atomic E-state index is 0.617. The van der Waals surface area contributed by atoms with Crippen molar-refractivity contribution >= 4 is 17.0 Å². The maximum Gasteiger partial charge on any atom is 0.182 e. The number of H-pyrrole nitrogens is 1. The van der Waals surface area contributed by atoms with E-state index in [1.54, 1.807) is 11.0 Å². The van der Waals surface area contributed by atoms with E-state index in [1.807, 2.05) is 19.3 Å². The highest BCUT2D eigenvalue weighted by Gasteiger charge is 2.05. The lowest BCUT2D eigenvalue weighted by Crippen LogP contribution is -2.03. The number of rotatable bonds is 3. The van der Waals surface area contributed by atoms with Gasteiger partial charge in [0.1, 0.15) is 11.8 Å². The highest BCUT2D eigenvalue weighted by molar-refractivity contribution is 5.81. The Bertz CT molecular complexity index is 639. The lowest BCUT2D eigenvalue weighted by Gasteiger charge is -2.03. The van der Waals surface area contributed by atoms with Crippen molar-refractivity contribution in [3.05, 3.63) is 30.6 Å². The molecule has 0 atom stereocenters. The molecule has 0 spiro atoms. The number of aryl methyl sites for hydroxylation is 1. The lowest BCUT2D eigenvalue weighted by molar-refractivity contribution is 0.747. The van der Waals surface area contributed by atoms with E-state index in [0.717, 1.165) is 17.0 Å². The summed E-state index contributed by atoms with van der Waals surface area (Å²) in [7, 11) is 1.89. The second-order valence-electron chi connectivity index (χ2n) is 3.66. The molecule has 0 radical (unpaired) electrons. The summed E-state index contributed by atoms with van der Waals surface area (Å²) in [5.41, 5.74) is 2.42. The van der Waals surface area contributed by atoms with E-state index in [1.165, 1.54) is 6.33 Å². The molecule has 7 nitrogen and oxygen atoms in total. The monoisotopic (exact) mass is 229 g/mol. The van der Waals surface area contributed by atoms with E-state index in [2.05, 4.69) is 30.4 Å². The molecule has 2 N–H and O–H groups in total. The Hall–Kier alpha value is -2.44. The smallest absolute Gasteiger partial charge is 0.182 e. The molecule has 0 amide bonds. The number of fused-ring (bicyclic) bond motifs is 1. The van der Waals surface area contributed by atoms with E-state index in [-0.39, 0.29) is 0 Å². The molecule has 0 aliphatic carbocycles. The Balaban J connectivity index is 1.83. The average Bonchev–Trinajstić information content (AvgIpc) is 2.94. The van der Waals surface area contributed by atoms with Crippen LogP contribution in [0.1, 0.15) is 5.69 Å². The van der Waals surface area contributed by atoms with Gasteiger partial charge < -0.3 is 10.3 Å². The van der Waals surface area contributed by atoms with Gasteiger partial charge >= 0.3 is 0 Å². The zero-order chi connectivity index (χ0) is 11.7. The summed E-state index contributed by atoms with van der Waals surface area (Å²) in [6, 6.07) is 1.96. The van der Waals surface area contributed by atoms with Gasteiger partial charge in [-0.1, -0.05) is 0 Å². The van der Waals surface area contributed by atoms with Crippen LogP contribution in [-0.4, -0.2) is 29.7 Å². The first kappa shape index (κ1) is 9.76. The maximum absolute atomic E-state index is 4.28. The van der Waals surface area contributed by atoms with Gasteiger partial charge in [-0.05, 0) is 6.07 Å². The Morgan fingerprint density at radius 2 is 2.29 bits per heavy atom. The minimum absolute atomic E-state index is 0.617. The first-order valence-corrected chi connectivity index (χ1v) is 5.19. The molecule has 0 aromatic carbocycles. The van der Waals surface area contributed by atoms with Crippen LogP contribution in [0.3, 0.4) is 0 Å². The van der Waals surface area contributed by atoms with E-state index < -0.39 is 0 Å². The fraction of sp³-hybridized carbons (Fsp3) is 0.200. The van der Waals surface area contributed by atoms with E-state index in [0.29, 0.717) is 12.2 Å². The van der Waals surface area contributed by atoms with Crippen LogP contribution in [0.4, 0.5) is 5.82 Å². The summed E-state index contributed by atoms with van der Waals surface area (Å²) < 4.78 is 1.77. The highest BCUT2D eigenvalue weighted by atomic mass is 15.3. The van der Waals surface area contributed by atoms with Crippen LogP contribution in [0.25, 0.3) is 11.2 Å². The molecular weight excluding hydrogens is 218 g/mol. The minimum Gasteiger partial charge on any atom is -0.362 e. The number of anilines is 1. The van der Waals surface area contributed by atoms with Crippen LogP contribution < -0.4 is 5.32 Å². The third kappa shape index (κ3) is 1.82. The molecule has 3 aromatic heterocycles. The van der Waals surface area contributed by atoms with Crippen LogP contribution in [0.5, 0.6) is 0 Å². The van der Waals surface area contributed by atoms with Crippen LogP contribution in [-0.2, 0) is 13.6 Å². The molecule has 0 fully saturated rings. The van der Waals surface area contributed by atoms with E-state index in [9.17, 15) is 0 Å². The summed E-state index contributed by atoms with van der Waals surface area (Å²) in [5, 5.41) is 7.48. The Morgan fingerprint density at radius 3 is 3.12 bits per heavy atom. The van der Waals surface area contributed by atoms with E-state index >= 15 is 0 Å². The maximum atomic E-state index is 4.28. The first-order valence-electron chi connectivity index (χ1n) is 5.19. The topological polar surface area (TPSA) is 84.3 Å². The molecule has 0 saturated carbocycles. The van der Waals surface area contributed by atoms with Gasteiger partial charge in [0.2, 0.25) is 0 Å². The first-order chi connectivity index (χ1) is 8.33. The Labute approximate surface area is 96.9 Å². The second kappa shape index (κ2) is 3.85. The number of aromatic amines is 1. The predicted molar refractivity (Wildman–Crippen MR) is 62.2 cm³/mol. The van der Waals surface area contributed by atoms with Crippen LogP contribution in [0.15, 0.2) is 24.9 Å². The standard InChI is InChI=1S/C10H11N7/c1-17-3-2-7(16-17)4-11-9-8-10(13-5-12-8)15-6-14-9/h2-3,5-6H,4H2,1H3,(H2,11,12,13,14,15). The third-order valence-corrected chi connectivity index (χ3v) is 2.43. The zero-order valence-electron chi connectivity index (χ0n) is 9.25. The number of hydrogen-bond acceptors (Lipinski definition) is 5. The molecule has 3 aromatic rings. The average molecular weight is 229 g/mol. The zero-order valence-corrected chi connectivity index (χ0v) is 9.25. The normalized spacial score (nSPS) is 10.9. The van der Waals surface area contributed by atoms with Crippen molar-refractivity contribution in [2.75, 3.05) is 5.32 Å². The highest BCUT2D eigenvalue weighted by Crippen LogP contribution is 2.14. The van der Waals surface area contributed by atoms with Gasteiger partial charge in [-0.3, -0.25) is 4.68 Å². The summed E-state index contributed by atoms with van der Waals surface area (Å²) in [6.07, 6.45) is 5.00. The Morgan fingerprint density at radius 1 is 1.35 bits per heavy atom. The largest absolute Gasteiger partial charge is 0.362 e. The van der Waals surface area contributed by atoms with Crippen molar-refractivity contribution in [3.63, 3.8) is 0 Å². The van der Waals surface area contributed by atoms with Gasteiger partial charge in [0.15, 0.2) is 11.5 Å². The Kier molecular flexibility index (Phi) is 2.21. The molecule has 3 heterocycles. The summed E-state index contributed by atoms with van der Waals surface area (Å²) in [4.78, 5) is 15.3. The summed E-state index contributed by atoms with van der Waals surface area (Å²) in [6.45, 7) is 0.617. The van der Waals surface area contributed by atoms with Gasteiger partial charge in [-0.25, -0.2) is 15.0 Å². The number of hydrogen-bond donors (Lipinski definition) is 2. The van der Waals surface area contributed by atoms with Gasteiger partial charge in [-0.2, -0.15) is 5.10 Å². The van der Waals surface area contributed by atoms with Crippen molar-refractivity contribution in [1.29, 1.82) is 0 Å². The molecule has 0 aliphatic heterocycles. The summed E-state index contributed by atoms with van der Waals surface area (Å²) in [5.74, 6) is 0.734. The van der Waals surface area contributed by atoms with Crippen molar-refractivity contribution in [1.82, 2.24) is 29.7 Å². The second-order valence-corrected chi connectivity index (χ2v) is 3.66. The van der Waals surface area contributed by atoms with Gasteiger partial charge in [0.25, 0.3) is 0 Å². The molecule has 0 aliphatic rings. The van der Waals surface area contributed by atoms with E-state index in [4.69, 9.17) is 0 Å².